The van der Waals surface area contributed by atoms with Crippen molar-refractivity contribution in [3.63, 3.8) is 0 Å². The van der Waals surface area contributed by atoms with E-state index in [1.54, 1.807) is 0 Å². The zero-order valence-electron chi connectivity index (χ0n) is 9.92. The van der Waals surface area contributed by atoms with Gasteiger partial charge in [-0.05, 0) is 32.6 Å². The van der Waals surface area contributed by atoms with E-state index < -0.39 is 5.54 Å². The smallest absolute Gasteiger partial charge is 0.307 e. The maximum Gasteiger partial charge on any atom is 0.307 e. The molecule has 0 heterocycles. The summed E-state index contributed by atoms with van der Waals surface area (Å²) in [6.07, 6.45) is 6.62. The molecule has 1 saturated carbocycles. The van der Waals surface area contributed by atoms with E-state index in [2.05, 4.69) is 0 Å². The minimum absolute atomic E-state index is 0.159. The van der Waals surface area contributed by atoms with E-state index in [0.717, 1.165) is 0 Å². The van der Waals surface area contributed by atoms with Gasteiger partial charge in [-0.25, -0.2) is 0 Å². The molecule has 3 heteroatoms. The maximum atomic E-state index is 11.4. The molecule has 0 radical (unpaired) electrons. The van der Waals surface area contributed by atoms with Crippen LogP contribution in [0.2, 0.25) is 0 Å². The molecule has 15 heavy (non-hydrogen) atoms. The minimum atomic E-state index is -0.455. The van der Waals surface area contributed by atoms with Crippen molar-refractivity contribution in [2.45, 2.75) is 57.9 Å². The van der Waals surface area contributed by atoms with Crippen LogP contribution < -0.4 is 5.73 Å². The third kappa shape index (κ3) is 5.78. The van der Waals surface area contributed by atoms with Crippen LogP contribution >= 0.6 is 0 Å². The molecule has 0 aromatic heterocycles. The summed E-state index contributed by atoms with van der Waals surface area (Å²) in [4.78, 5) is 11.4. The number of hydrogen-bond donors (Lipinski definition) is 1. The van der Waals surface area contributed by atoms with Gasteiger partial charge in [0, 0.05) is 5.54 Å². The van der Waals surface area contributed by atoms with Crippen LogP contribution in [0, 0.1) is 5.92 Å². The lowest BCUT2D eigenvalue weighted by Crippen LogP contribution is -2.35. The Morgan fingerprint density at radius 2 is 1.93 bits per heavy atom. The highest BCUT2D eigenvalue weighted by Gasteiger charge is 2.19. The Bertz CT molecular complexity index is 202. The highest BCUT2D eigenvalue weighted by molar-refractivity contribution is 5.70. The second-order valence-corrected chi connectivity index (χ2v) is 5.35. The van der Waals surface area contributed by atoms with Crippen LogP contribution in [0.25, 0.3) is 0 Å². The van der Waals surface area contributed by atoms with Crippen LogP contribution in [0.5, 0.6) is 0 Å². The van der Waals surface area contributed by atoms with E-state index in [1.165, 1.54) is 32.1 Å². The van der Waals surface area contributed by atoms with Gasteiger partial charge in [0.05, 0.1) is 13.0 Å². The lowest BCUT2D eigenvalue weighted by molar-refractivity contribution is -0.146. The molecule has 0 atom stereocenters. The van der Waals surface area contributed by atoms with E-state index in [1.807, 2.05) is 13.8 Å². The second kappa shape index (κ2) is 5.50. The van der Waals surface area contributed by atoms with Crippen molar-refractivity contribution in [3.8, 4) is 0 Å². The Morgan fingerprint density at radius 1 is 1.33 bits per heavy atom. The van der Waals surface area contributed by atoms with Crippen LogP contribution in [0.4, 0.5) is 0 Å². The SMILES string of the molecule is CC(C)(N)CC(=O)OCC1CCCCC1. The number of carbonyl (C=O) groups excluding carboxylic acids is 1. The topological polar surface area (TPSA) is 52.3 Å². The van der Waals surface area contributed by atoms with Gasteiger partial charge in [-0.2, -0.15) is 0 Å². The standard InChI is InChI=1S/C12H23NO2/c1-12(2,13)8-11(14)15-9-10-6-4-3-5-7-10/h10H,3-9,13H2,1-2H3. The molecule has 0 bridgehead atoms. The first kappa shape index (κ1) is 12.5. The molecule has 0 spiro atoms. The number of carbonyl (C=O) groups is 1. The first-order chi connectivity index (χ1) is 6.97. The highest BCUT2D eigenvalue weighted by atomic mass is 16.5. The van der Waals surface area contributed by atoms with Gasteiger partial charge in [0.15, 0.2) is 0 Å². The molecule has 0 amide bonds. The quantitative estimate of drug-likeness (QED) is 0.729. The summed E-state index contributed by atoms with van der Waals surface area (Å²) in [5.74, 6) is 0.427. The summed E-state index contributed by atoms with van der Waals surface area (Å²) in [6, 6.07) is 0. The van der Waals surface area contributed by atoms with Crippen molar-refractivity contribution >= 4 is 5.97 Å². The molecule has 1 aliphatic rings. The monoisotopic (exact) mass is 213 g/mol. The predicted molar refractivity (Wildman–Crippen MR) is 60.4 cm³/mol. The van der Waals surface area contributed by atoms with Crippen LogP contribution in [0.3, 0.4) is 0 Å². The summed E-state index contributed by atoms with van der Waals surface area (Å²) in [5.41, 5.74) is 5.29. The maximum absolute atomic E-state index is 11.4. The fourth-order valence-corrected chi connectivity index (χ4v) is 1.99. The largest absolute Gasteiger partial charge is 0.465 e. The first-order valence-corrected chi connectivity index (χ1v) is 5.92. The summed E-state index contributed by atoms with van der Waals surface area (Å²) in [5, 5.41) is 0. The summed E-state index contributed by atoms with van der Waals surface area (Å²) in [6.45, 7) is 4.28. The Kier molecular flexibility index (Phi) is 4.58. The van der Waals surface area contributed by atoms with Crippen molar-refractivity contribution in [1.82, 2.24) is 0 Å². The molecule has 0 aromatic carbocycles. The summed E-state index contributed by atoms with van der Waals surface area (Å²) < 4.78 is 5.24. The lowest BCUT2D eigenvalue weighted by Gasteiger charge is -2.22. The van der Waals surface area contributed by atoms with Crippen LogP contribution in [0.1, 0.15) is 52.4 Å². The fraction of sp³-hybridized carbons (Fsp3) is 0.917. The van der Waals surface area contributed by atoms with Gasteiger partial charge in [-0.15, -0.1) is 0 Å². The fourth-order valence-electron chi connectivity index (χ4n) is 1.99. The van der Waals surface area contributed by atoms with Crippen molar-refractivity contribution in [3.05, 3.63) is 0 Å². The highest BCUT2D eigenvalue weighted by Crippen LogP contribution is 2.23. The van der Waals surface area contributed by atoms with Crippen molar-refractivity contribution in [2.75, 3.05) is 6.61 Å². The average molecular weight is 213 g/mol. The number of ether oxygens (including phenoxy) is 1. The molecule has 2 N–H and O–H groups in total. The molecule has 1 aliphatic carbocycles. The summed E-state index contributed by atoms with van der Waals surface area (Å²) in [7, 11) is 0. The first-order valence-electron chi connectivity index (χ1n) is 5.92. The van der Waals surface area contributed by atoms with Gasteiger partial charge in [0.2, 0.25) is 0 Å². The lowest BCUT2D eigenvalue weighted by atomic mass is 9.90. The van der Waals surface area contributed by atoms with Gasteiger partial charge in [0.1, 0.15) is 0 Å². The van der Waals surface area contributed by atoms with E-state index in [0.29, 0.717) is 18.9 Å². The number of nitrogens with two attached hydrogens (primary N) is 1. The molecule has 0 aliphatic heterocycles. The van der Waals surface area contributed by atoms with Crippen LogP contribution in [-0.2, 0) is 9.53 Å². The Morgan fingerprint density at radius 3 is 2.47 bits per heavy atom. The average Bonchev–Trinajstić information content (AvgIpc) is 2.14. The van der Waals surface area contributed by atoms with Crippen molar-refractivity contribution < 1.29 is 9.53 Å². The Balaban J connectivity index is 2.15. The zero-order chi connectivity index (χ0) is 11.3. The molecule has 3 nitrogen and oxygen atoms in total. The second-order valence-electron chi connectivity index (χ2n) is 5.35. The van der Waals surface area contributed by atoms with Gasteiger partial charge in [-0.3, -0.25) is 4.79 Å². The van der Waals surface area contributed by atoms with E-state index in [-0.39, 0.29) is 5.97 Å². The molecular formula is C12H23NO2. The van der Waals surface area contributed by atoms with E-state index >= 15 is 0 Å². The molecule has 88 valence electrons. The van der Waals surface area contributed by atoms with E-state index in [9.17, 15) is 4.79 Å². The molecule has 0 aromatic rings. The van der Waals surface area contributed by atoms with Crippen LogP contribution in [0.15, 0.2) is 0 Å². The third-order valence-electron chi connectivity index (χ3n) is 2.80. The molecule has 0 saturated heterocycles. The number of esters is 1. The molecular weight excluding hydrogens is 190 g/mol. The normalized spacial score (nSPS) is 18.9. The third-order valence-corrected chi connectivity index (χ3v) is 2.80. The number of hydrogen-bond acceptors (Lipinski definition) is 3. The van der Waals surface area contributed by atoms with E-state index in [4.69, 9.17) is 10.5 Å². The van der Waals surface area contributed by atoms with Gasteiger partial charge >= 0.3 is 5.97 Å². The Hall–Kier alpha value is -0.570. The number of rotatable bonds is 4. The minimum Gasteiger partial charge on any atom is -0.465 e. The molecule has 0 unspecified atom stereocenters. The van der Waals surface area contributed by atoms with Crippen molar-refractivity contribution in [1.29, 1.82) is 0 Å². The van der Waals surface area contributed by atoms with Crippen molar-refractivity contribution in [2.24, 2.45) is 11.7 Å². The van der Waals surface area contributed by atoms with Gasteiger partial charge in [0.25, 0.3) is 0 Å². The summed E-state index contributed by atoms with van der Waals surface area (Å²) >= 11 is 0. The predicted octanol–water partition coefficient (Wildman–Crippen LogP) is 2.24. The van der Waals surface area contributed by atoms with Crippen LogP contribution in [-0.4, -0.2) is 18.1 Å². The zero-order valence-corrected chi connectivity index (χ0v) is 9.92. The molecule has 1 fully saturated rings. The Labute approximate surface area is 92.4 Å². The molecule has 1 rings (SSSR count). The van der Waals surface area contributed by atoms with Gasteiger partial charge in [-0.1, -0.05) is 19.3 Å². The van der Waals surface area contributed by atoms with Gasteiger partial charge < -0.3 is 10.5 Å².